The number of nitrogens with zero attached hydrogens (tertiary/aromatic N) is 3. The van der Waals surface area contributed by atoms with Gasteiger partial charge < -0.3 is 13.7 Å². The van der Waals surface area contributed by atoms with Gasteiger partial charge in [0.2, 0.25) is 0 Å². The molecule has 58 heavy (non-hydrogen) atoms. The third kappa shape index (κ3) is 4.49. The molecule has 0 saturated heterocycles. The third-order valence-corrected chi connectivity index (χ3v) is 13.7. The fourth-order valence-electron chi connectivity index (χ4n) is 9.97. The highest BCUT2D eigenvalue weighted by Gasteiger charge is 2.23. The molecule has 3 nitrogen and oxygen atoms in total. The molecule has 0 fully saturated rings. The summed E-state index contributed by atoms with van der Waals surface area (Å²) in [6.45, 7) is 0. The van der Waals surface area contributed by atoms with Crippen molar-refractivity contribution in [1.29, 1.82) is 0 Å². The van der Waals surface area contributed by atoms with Gasteiger partial charge in [0.25, 0.3) is 0 Å². The Morgan fingerprint density at radius 3 is 1.81 bits per heavy atom. The van der Waals surface area contributed by atoms with Crippen molar-refractivity contribution in [3.63, 3.8) is 0 Å². The van der Waals surface area contributed by atoms with E-state index < -0.39 is 0 Å². The van der Waals surface area contributed by atoms with Crippen LogP contribution in [0.4, 0.5) is 0 Å². The maximum Gasteiger partial charge on any atom is 0.0562 e. The molecule has 0 aliphatic heterocycles. The van der Waals surface area contributed by atoms with Crippen molar-refractivity contribution in [2.75, 3.05) is 0 Å². The molecule has 0 saturated carbocycles. The summed E-state index contributed by atoms with van der Waals surface area (Å²) < 4.78 is 10.1. The van der Waals surface area contributed by atoms with E-state index in [-0.39, 0.29) is 0 Å². The second-order valence-corrected chi connectivity index (χ2v) is 16.6. The number of fused-ring (bicyclic) bond motifs is 13. The fraction of sp³-hybridized carbons (Fsp3) is 0.0370. The van der Waals surface area contributed by atoms with E-state index in [1.54, 1.807) is 0 Å². The molecule has 0 N–H and O–H groups in total. The summed E-state index contributed by atoms with van der Waals surface area (Å²) in [6, 6.07) is 65.1. The molecule has 272 valence electrons. The van der Waals surface area contributed by atoms with Crippen LogP contribution in [0.5, 0.6) is 0 Å². The molecule has 0 spiro atoms. The van der Waals surface area contributed by atoms with Crippen LogP contribution in [0.1, 0.15) is 17.7 Å². The molecular weight excluding hydrogens is 723 g/mol. The summed E-state index contributed by atoms with van der Waals surface area (Å²) in [4.78, 5) is 0. The van der Waals surface area contributed by atoms with Crippen LogP contribution < -0.4 is 0 Å². The second kappa shape index (κ2) is 12.2. The van der Waals surface area contributed by atoms with Crippen molar-refractivity contribution in [1.82, 2.24) is 13.7 Å². The van der Waals surface area contributed by atoms with Gasteiger partial charge in [0.15, 0.2) is 0 Å². The molecule has 1 aliphatic carbocycles. The van der Waals surface area contributed by atoms with Crippen molar-refractivity contribution in [3.8, 4) is 28.2 Å². The summed E-state index contributed by atoms with van der Waals surface area (Å²) in [7, 11) is 0. The number of benzene rings is 8. The number of para-hydroxylation sites is 3. The second-order valence-electron chi connectivity index (χ2n) is 15.6. The predicted molar refractivity (Wildman–Crippen MR) is 248 cm³/mol. The molecular formula is C54H35N3S. The molecule has 0 unspecified atom stereocenters. The Morgan fingerprint density at radius 1 is 0.397 bits per heavy atom. The molecule has 1 aliphatic rings. The highest BCUT2D eigenvalue weighted by Crippen LogP contribution is 2.45. The van der Waals surface area contributed by atoms with Gasteiger partial charge in [-0.2, -0.15) is 0 Å². The van der Waals surface area contributed by atoms with Gasteiger partial charge in [-0.3, -0.25) is 0 Å². The normalized spacial score (nSPS) is 13.0. The highest BCUT2D eigenvalue weighted by molar-refractivity contribution is 7.26. The zero-order chi connectivity index (χ0) is 37.9. The number of allylic oxidation sites excluding steroid dienone is 1. The first-order valence-corrected chi connectivity index (χ1v) is 21.0. The summed E-state index contributed by atoms with van der Waals surface area (Å²) in [5, 5.41) is 9.12. The lowest BCUT2D eigenvalue weighted by Crippen LogP contribution is -2.03. The Morgan fingerprint density at radius 2 is 1.02 bits per heavy atom. The topological polar surface area (TPSA) is 14.8 Å². The van der Waals surface area contributed by atoms with Crippen molar-refractivity contribution in [2.24, 2.45) is 0 Å². The maximum atomic E-state index is 2.54. The molecule has 4 heterocycles. The number of hydrogen-bond donors (Lipinski definition) is 0. The van der Waals surface area contributed by atoms with Crippen LogP contribution >= 0.6 is 11.3 Å². The minimum absolute atomic E-state index is 1.00. The first-order chi connectivity index (χ1) is 28.8. The monoisotopic (exact) mass is 757 g/mol. The van der Waals surface area contributed by atoms with Gasteiger partial charge in [-0.05, 0) is 103 Å². The summed E-state index contributed by atoms with van der Waals surface area (Å²) in [6.07, 6.45) is 6.74. The Hall–Kier alpha value is -7.14. The van der Waals surface area contributed by atoms with E-state index in [1.807, 2.05) is 11.3 Å². The molecule has 4 heteroatoms. The van der Waals surface area contributed by atoms with Crippen LogP contribution in [0, 0.1) is 0 Å². The minimum atomic E-state index is 1.00. The lowest BCUT2D eigenvalue weighted by atomic mass is 9.98. The van der Waals surface area contributed by atoms with Crippen LogP contribution in [0.2, 0.25) is 0 Å². The average Bonchev–Trinajstić information content (AvgIpc) is 4.02. The van der Waals surface area contributed by atoms with Gasteiger partial charge in [-0.1, -0.05) is 109 Å². The zero-order valence-corrected chi connectivity index (χ0v) is 32.4. The summed E-state index contributed by atoms with van der Waals surface area (Å²) in [5.74, 6) is 0. The Balaban J connectivity index is 1.02. The molecule has 0 radical (unpaired) electrons. The van der Waals surface area contributed by atoms with Gasteiger partial charge >= 0.3 is 0 Å². The third-order valence-electron chi connectivity index (χ3n) is 12.5. The molecule has 4 aromatic heterocycles. The lowest BCUT2D eigenvalue weighted by molar-refractivity contribution is 0.889. The van der Waals surface area contributed by atoms with Crippen LogP contribution in [-0.4, -0.2) is 13.7 Å². The molecule has 13 rings (SSSR count). The Bertz CT molecular complexity index is 3670. The average molecular weight is 758 g/mol. The first-order valence-electron chi connectivity index (χ1n) is 20.2. The number of rotatable bonds is 4. The lowest BCUT2D eigenvalue weighted by Gasteiger charge is -2.14. The standard InChI is InChI=1S/C54H35N3S/c1-3-13-36(14-4-1)55-46-20-10-7-17-39(46)44-31-34(23-28-48(44)55)35-24-29-49-45(32-35)40-18-8-11-21-47(40)57(49)38-25-26-43-51(33-38)56(37-15-5-2-6-16-37)50-30-27-42-41-19-9-12-22-52(41)58-54(42)53(43)50/h1-10,12-20,22-33H,11,21H2. The van der Waals surface area contributed by atoms with Crippen molar-refractivity contribution in [2.45, 2.75) is 12.8 Å². The minimum Gasteiger partial charge on any atom is -0.313 e. The van der Waals surface area contributed by atoms with Gasteiger partial charge in [-0.25, -0.2) is 0 Å². The van der Waals surface area contributed by atoms with Crippen molar-refractivity contribution < 1.29 is 0 Å². The van der Waals surface area contributed by atoms with Gasteiger partial charge in [0, 0.05) is 75.4 Å². The van der Waals surface area contributed by atoms with Crippen LogP contribution in [0.15, 0.2) is 182 Å². The highest BCUT2D eigenvalue weighted by atomic mass is 32.1. The number of hydrogen-bond acceptors (Lipinski definition) is 1. The number of thiophene rings is 1. The van der Waals surface area contributed by atoms with E-state index in [1.165, 1.54) is 114 Å². The van der Waals surface area contributed by atoms with Crippen molar-refractivity contribution >= 4 is 92.1 Å². The number of aromatic nitrogens is 3. The fourth-order valence-corrected chi connectivity index (χ4v) is 11.2. The van der Waals surface area contributed by atoms with Crippen LogP contribution in [0.3, 0.4) is 0 Å². The largest absolute Gasteiger partial charge is 0.313 e. The zero-order valence-electron chi connectivity index (χ0n) is 31.6. The van der Waals surface area contributed by atoms with Crippen LogP contribution in [0.25, 0.3) is 109 Å². The van der Waals surface area contributed by atoms with E-state index >= 15 is 0 Å². The molecule has 12 aromatic rings. The SMILES string of the molecule is C1=Cc2c(n(-c3ccc4c5c6sc7ccccc7c6ccc5n(-c5ccccc5)c4c3)c3ccc(-c4ccc5c(c4)c4ccccc4n5-c4ccccc4)cc23)CC1. The van der Waals surface area contributed by atoms with E-state index in [9.17, 15) is 0 Å². The summed E-state index contributed by atoms with van der Waals surface area (Å²) >= 11 is 1.91. The van der Waals surface area contributed by atoms with E-state index in [0.717, 1.165) is 12.8 Å². The quantitative estimate of drug-likeness (QED) is 0.170. The van der Waals surface area contributed by atoms with Crippen molar-refractivity contribution in [3.05, 3.63) is 193 Å². The van der Waals surface area contributed by atoms with Gasteiger partial charge in [-0.15, -0.1) is 11.3 Å². The van der Waals surface area contributed by atoms with E-state index in [0.29, 0.717) is 0 Å². The van der Waals surface area contributed by atoms with Crippen LogP contribution in [-0.2, 0) is 6.42 Å². The smallest absolute Gasteiger partial charge is 0.0562 e. The molecule has 0 bridgehead atoms. The van der Waals surface area contributed by atoms with E-state index in [4.69, 9.17) is 0 Å². The molecule has 0 amide bonds. The van der Waals surface area contributed by atoms with E-state index in [2.05, 4.69) is 202 Å². The van der Waals surface area contributed by atoms with Gasteiger partial charge in [0.05, 0.1) is 27.6 Å². The Kier molecular flexibility index (Phi) is 6.72. The Labute approximate surface area is 338 Å². The predicted octanol–water partition coefficient (Wildman–Crippen LogP) is 14.8. The first kappa shape index (κ1) is 32.0. The maximum absolute atomic E-state index is 2.54. The molecule has 8 aromatic carbocycles. The molecule has 0 atom stereocenters. The van der Waals surface area contributed by atoms with Gasteiger partial charge in [0.1, 0.15) is 0 Å². The summed E-state index contributed by atoms with van der Waals surface area (Å²) in [5.41, 5.74) is 14.9.